The van der Waals surface area contributed by atoms with E-state index in [1.807, 2.05) is 29.6 Å². The van der Waals surface area contributed by atoms with Crippen LogP contribution in [0.1, 0.15) is 31.2 Å². The molecule has 0 saturated heterocycles. The van der Waals surface area contributed by atoms with Crippen molar-refractivity contribution in [1.82, 2.24) is 0 Å². The molecule has 1 saturated carbocycles. The minimum absolute atomic E-state index is 0.0423. The summed E-state index contributed by atoms with van der Waals surface area (Å²) >= 11 is 1.63. The van der Waals surface area contributed by atoms with Gasteiger partial charge in [-0.3, -0.25) is 0 Å². The second-order valence-corrected chi connectivity index (χ2v) is 7.04. The molecular weight excluding hydrogens is 295 g/mol. The second kappa shape index (κ2) is 5.29. The molecule has 0 radical (unpaired) electrons. The van der Waals surface area contributed by atoms with E-state index in [9.17, 15) is 13.2 Å². The summed E-state index contributed by atoms with van der Waals surface area (Å²) in [4.78, 5) is 0. The number of benzene rings is 1. The Labute approximate surface area is 126 Å². The van der Waals surface area contributed by atoms with E-state index < -0.39 is 17.6 Å². The normalized spacial score (nSPS) is 27.1. The van der Waals surface area contributed by atoms with Gasteiger partial charge in [0, 0.05) is 10.2 Å². The van der Waals surface area contributed by atoms with Crippen LogP contribution in [0, 0.1) is 5.92 Å². The summed E-state index contributed by atoms with van der Waals surface area (Å²) < 4.78 is 40.1. The maximum atomic E-state index is 13.0. The summed E-state index contributed by atoms with van der Waals surface area (Å²) in [5.74, 6) is -1.25. The lowest BCUT2D eigenvalue weighted by atomic mass is 9.73. The van der Waals surface area contributed by atoms with Crippen LogP contribution < -0.4 is 5.73 Å². The van der Waals surface area contributed by atoms with Gasteiger partial charge in [-0.15, -0.1) is 11.3 Å². The highest BCUT2D eigenvalue weighted by Crippen LogP contribution is 2.42. The summed E-state index contributed by atoms with van der Waals surface area (Å²) in [5, 5.41) is 3.16. The van der Waals surface area contributed by atoms with Crippen LogP contribution in [0.5, 0.6) is 0 Å². The number of nitrogens with two attached hydrogens (primary N) is 1. The van der Waals surface area contributed by atoms with Gasteiger partial charge in [-0.05, 0) is 48.1 Å². The van der Waals surface area contributed by atoms with Gasteiger partial charge in [-0.1, -0.05) is 24.6 Å². The lowest BCUT2D eigenvalue weighted by Gasteiger charge is -2.38. The van der Waals surface area contributed by atoms with Crippen LogP contribution in [-0.2, 0) is 6.42 Å². The summed E-state index contributed by atoms with van der Waals surface area (Å²) in [6.45, 7) is 0. The Bertz CT molecular complexity index is 634. The Balaban J connectivity index is 1.83. The van der Waals surface area contributed by atoms with E-state index in [2.05, 4.69) is 0 Å². The molecule has 1 aromatic carbocycles. The lowest BCUT2D eigenvalue weighted by molar-refractivity contribution is -0.187. The minimum Gasteiger partial charge on any atom is -0.325 e. The fraction of sp³-hybridized carbons (Fsp3) is 0.500. The molecule has 1 heterocycles. The van der Waals surface area contributed by atoms with E-state index in [1.54, 1.807) is 11.3 Å². The molecule has 0 bridgehead atoms. The molecule has 1 aromatic heterocycles. The largest absolute Gasteiger partial charge is 0.391 e. The SMILES string of the molecule is NC1(Cc2csc3ccccc23)CCCC(C(F)(F)F)C1. The molecule has 3 rings (SSSR count). The average molecular weight is 313 g/mol. The van der Waals surface area contributed by atoms with Crippen LogP contribution in [-0.4, -0.2) is 11.7 Å². The zero-order valence-electron chi connectivity index (χ0n) is 11.6. The number of hydrogen-bond donors (Lipinski definition) is 1. The van der Waals surface area contributed by atoms with Gasteiger partial charge < -0.3 is 5.73 Å². The Morgan fingerprint density at radius 1 is 1.29 bits per heavy atom. The zero-order valence-corrected chi connectivity index (χ0v) is 12.4. The van der Waals surface area contributed by atoms with Crippen molar-refractivity contribution in [1.29, 1.82) is 0 Å². The van der Waals surface area contributed by atoms with Gasteiger partial charge in [0.05, 0.1) is 5.92 Å². The van der Waals surface area contributed by atoms with Gasteiger partial charge in [0.15, 0.2) is 0 Å². The highest BCUT2D eigenvalue weighted by molar-refractivity contribution is 7.17. The summed E-state index contributed by atoms with van der Waals surface area (Å²) in [6, 6.07) is 7.99. The fourth-order valence-electron chi connectivity index (χ4n) is 3.38. The van der Waals surface area contributed by atoms with Gasteiger partial charge in [0.2, 0.25) is 0 Å². The Morgan fingerprint density at radius 3 is 2.81 bits per heavy atom. The number of fused-ring (bicyclic) bond motifs is 1. The predicted octanol–water partition coefficient (Wildman–Crippen LogP) is 4.89. The Kier molecular flexibility index (Phi) is 3.74. The number of thiophene rings is 1. The molecular formula is C16H18F3NS. The van der Waals surface area contributed by atoms with Crippen molar-refractivity contribution in [2.45, 2.75) is 43.8 Å². The van der Waals surface area contributed by atoms with Crippen molar-refractivity contribution in [3.63, 3.8) is 0 Å². The lowest BCUT2D eigenvalue weighted by Crippen LogP contribution is -2.48. The first-order valence-corrected chi connectivity index (χ1v) is 8.06. The molecule has 0 aliphatic heterocycles. The van der Waals surface area contributed by atoms with E-state index in [0.717, 1.165) is 10.9 Å². The molecule has 2 N–H and O–H groups in total. The van der Waals surface area contributed by atoms with Gasteiger partial charge in [0.25, 0.3) is 0 Å². The zero-order chi connectivity index (χ0) is 15.1. The number of hydrogen-bond acceptors (Lipinski definition) is 2. The number of alkyl halides is 3. The minimum atomic E-state index is -4.12. The summed E-state index contributed by atoms with van der Waals surface area (Å²) in [7, 11) is 0. The van der Waals surface area contributed by atoms with Crippen molar-refractivity contribution in [3.05, 3.63) is 35.2 Å². The van der Waals surface area contributed by atoms with Crippen LogP contribution in [0.15, 0.2) is 29.6 Å². The molecule has 1 aliphatic rings. The monoisotopic (exact) mass is 313 g/mol. The highest BCUT2D eigenvalue weighted by Gasteiger charge is 2.46. The van der Waals surface area contributed by atoms with Crippen LogP contribution in [0.25, 0.3) is 10.1 Å². The van der Waals surface area contributed by atoms with Crippen molar-refractivity contribution in [2.75, 3.05) is 0 Å². The van der Waals surface area contributed by atoms with Crippen molar-refractivity contribution < 1.29 is 13.2 Å². The maximum absolute atomic E-state index is 13.0. The van der Waals surface area contributed by atoms with E-state index >= 15 is 0 Å². The molecule has 114 valence electrons. The molecule has 1 fully saturated rings. The third kappa shape index (κ3) is 3.09. The van der Waals surface area contributed by atoms with Crippen LogP contribution in [0.3, 0.4) is 0 Å². The summed E-state index contributed by atoms with van der Waals surface area (Å²) in [6.07, 6.45) is -2.11. The Hall–Kier alpha value is -1.07. The number of rotatable bonds is 2. The van der Waals surface area contributed by atoms with Gasteiger partial charge >= 0.3 is 6.18 Å². The average Bonchev–Trinajstić information content (AvgIpc) is 2.81. The van der Waals surface area contributed by atoms with Crippen molar-refractivity contribution >= 4 is 21.4 Å². The first-order chi connectivity index (χ1) is 9.87. The van der Waals surface area contributed by atoms with Crippen LogP contribution in [0.4, 0.5) is 13.2 Å². The van der Waals surface area contributed by atoms with E-state index in [1.165, 1.54) is 4.70 Å². The first kappa shape index (κ1) is 14.9. The molecule has 21 heavy (non-hydrogen) atoms. The number of halogens is 3. The molecule has 2 aromatic rings. The maximum Gasteiger partial charge on any atom is 0.391 e. The summed E-state index contributed by atoms with van der Waals surface area (Å²) in [5.41, 5.74) is 6.68. The molecule has 5 heteroatoms. The third-order valence-corrected chi connectivity index (χ3v) is 5.46. The molecule has 0 spiro atoms. The molecule has 1 aliphatic carbocycles. The highest BCUT2D eigenvalue weighted by atomic mass is 32.1. The third-order valence-electron chi connectivity index (χ3n) is 4.45. The van der Waals surface area contributed by atoms with Crippen molar-refractivity contribution in [3.8, 4) is 0 Å². The molecule has 2 unspecified atom stereocenters. The topological polar surface area (TPSA) is 26.0 Å². The van der Waals surface area contributed by atoms with E-state index in [-0.39, 0.29) is 12.8 Å². The fourth-order valence-corrected chi connectivity index (χ4v) is 4.35. The molecule has 1 nitrogen and oxygen atoms in total. The predicted molar refractivity (Wildman–Crippen MR) is 80.5 cm³/mol. The van der Waals surface area contributed by atoms with Gasteiger partial charge in [0.1, 0.15) is 0 Å². The smallest absolute Gasteiger partial charge is 0.325 e. The standard InChI is InChI=1S/C16H18F3NS/c17-16(18,19)12-4-3-7-15(20,9-12)8-11-10-21-14-6-2-1-5-13(11)14/h1-2,5-6,10,12H,3-4,7-9,20H2. The van der Waals surface area contributed by atoms with Crippen LogP contribution in [0.2, 0.25) is 0 Å². The van der Waals surface area contributed by atoms with Crippen molar-refractivity contribution in [2.24, 2.45) is 11.7 Å². The molecule has 2 atom stereocenters. The second-order valence-electron chi connectivity index (χ2n) is 6.13. The van der Waals surface area contributed by atoms with E-state index in [0.29, 0.717) is 19.3 Å². The Morgan fingerprint density at radius 2 is 2.05 bits per heavy atom. The molecule has 0 amide bonds. The van der Waals surface area contributed by atoms with Gasteiger partial charge in [-0.2, -0.15) is 13.2 Å². The van der Waals surface area contributed by atoms with Gasteiger partial charge in [-0.25, -0.2) is 0 Å². The first-order valence-electron chi connectivity index (χ1n) is 7.18. The van der Waals surface area contributed by atoms with E-state index in [4.69, 9.17) is 5.73 Å². The van der Waals surface area contributed by atoms with Crippen LogP contribution >= 0.6 is 11.3 Å². The quantitative estimate of drug-likeness (QED) is 0.839.